The Morgan fingerprint density at radius 2 is 1.75 bits per heavy atom. The number of pyridine rings is 1. The second-order valence-corrected chi connectivity index (χ2v) is 12.9. The fourth-order valence-electron chi connectivity index (χ4n) is 6.75. The van der Waals surface area contributed by atoms with E-state index in [4.69, 9.17) is 9.97 Å². The summed E-state index contributed by atoms with van der Waals surface area (Å²) in [5, 5.41) is 26.1. The van der Waals surface area contributed by atoms with E-state index in [0.29, 0.717) is 36.1 Å². The number of nitriles is 1. The molecule has 2 N–H and O–H groups in total. The number of aromatic nitrogens is 7. The monoisotopic (exact) mass is 678 g/mol. The predicted octanol–water partition coefficient (Wildman–Crippen LogP) is 6.63. The Hall–Kier alpha value is -6.22. The van der Waals surface area contributed by atoms with Crippen LogP contribution in [0.2, 0.25) is 0 Å². The summed E-state index contributed by atoms with van der Waals surface area (Å²) >= 11 is 0. The van der Waals surface area contributed by atoms with Gasteiger partial charge < -0.3 is 5.32 Å². The van der Waals surface area contributed by atoms with E-state index in [1.165, 1.54) is 0 Å². The highest BCUT2D eigenvalue weighted by Crippen LogP contribution is 2.43. The van der Waals surface area contributed by atoms with Crippen LogP contribution in [0, 0.1) is 23.2 Å². The Bertz CT molecular complexity index is 2250. The van der Waals surface area contributed by atoms with Gasteiger partial charge in [-0.05, 0) is 37.0 Å². The van der Waals surface area contributed by atoms with Crippen molar-refractivity contribution in [2.24, 2.45) is 25.9 Å². The molecular formula is C39H40N11O+. The Kier molecular flexibility index (Phi) is 9.61. The molecular weight excluding hydrogens is 639 g/mol. The summed E-state index contributed by atoms with van der Waals surface area (Å²) in [5.74, 6) is 1.61. The van der Waals surface area contributed by atoms with Crippen molar-refractivity contribution in [1.82, 2.24) is 39.8 Å². The smallest absolute Gasteiger partial charge is 0.354 e. The van der Waals surface area contributed by atoms with Crippen molar-refractivity contribution in [3.05, 3.63) is 103 Å². The minimum Gasteiger partial charge on any atom is -0.354 e. The van der Waals surface area contributed by atoms with E-state index in [1.807, 2.05) is 93.3 Å². The van der Waals surface area contributed by atoms with Gasteiger partial charge in [0.05, 0.1) is 41.4 Å². The molecule has 1 aliphatic rings. The third kappa shape index (κ3) is 7.38. The summed E-state index contributed by atoms with van der Waals surface area (Å²) < 4.78 is 5.33. The van der Waals surface area contributed by atoms with Crippen LogP contribution in [-0.4, -0.2) is 57.4 Å². The van der Waals surface area contributed by atoms with Crippen molar-refractivity contribution in [2.75, 3.05) is 11.9 Å². The number of benzene rings is 2. The molecule has 2 atom stereocenters. The van der Waals surface area contributed by atoms with Crippen LogP contribution in [0.4, 0.5) is 16.6 Å². The molecule has 1 fully saturated rings. The highest BCUT2D eigenvalue weighted by Gasteiger charge is 2.50. The van der Waals surface area contributed by atoms with Crippen molar-refractivity contribution in [1.29, 1.82) is 5.26 Å². The molecule has 0 bridgehead atoms. The molecule has 2 aromatic carbocycles. The Morgan fingerprint density at radius 1 is 0.922 bits per heavy atom. The van der Waals surface area contributed by atoms with Gasteiger partial charge in [-0.15, -0.1) is 4.98 Å². The topological polar surface area (TPSA) is 142 Å². The van der Waals surface area contributed by atoms with Gasteiger partial charge in [-0.2, -0.15) is 20.0 Å². The van der Waals surface area contributed by atoms with Gasteiger partial charge in [0.2, 0.25) is 5.95 Å². The van der Waals surface area contributed by atoms with Gasteiger partial charge in [-0.1, -0.05) is 55.8 Å². The molecule has 0 aliphatic heterocycles. The zero-order valence-corrected chi connectivity index (χ0v) is 29.0. The van der Waals surface area contributed by atoms with Crippen molar-refractivity contribution in [2.45, 2.75) is 39.2 Å². The standard InChI is InChI=1S/C39H39N11O/c1-4-9-32-33(12-8-17-41-38-43-22-30(19-40)36(46-38)27-13-14-29-24-49(3)47-34(29)18-27)37(32)50(39(51)44-20-26-10-6-5-7-11-26)35-16-15-28(21-42-35)31-23-45-48(2)25-31/h5-7,10-11,13-16,18,21-25,32-33H,4,8-9,12,17,20H2,1-3H3,(H-,41,43,44,46,51)/p+1/b50-37-. The number of rotatable bonds is 12. The number of carbonyl (C=O) groups is 1. The number of nitrogens with one attached hydrogen (secondary N) is 2. The fraction of sp³-hybridized carbons (Fsp3) is 0.282. The number of hydrogen-bond donors (Lipinski definition) is 2. The van der Waals surface area contributed by atoms with E-state index >= 15 is 0 Å². The molecule has 2 amide bonds. The molecule has 256 valence electrons. The molecule has 51 heavy (non-hydrogen) atoms. The largest absolute Gasteiger partial charge is 0.441 e. The molecule has 0 radical (unpaired) electrons. The number of fused-ring (bicyclic) bond motifs is 1. The van der Waals surface area contributed by atoms with Crippen molar-refractivity contribution >= 4 is 34.4 Å². The number of hydrogen-bond acceptors (Lipinski definition) is 8. The summed E-state index contributed by atoms with van der Waals surface area (Å²) in [6.07, 6.45) is 12.8. The third-order valence-electron chi connectivity index (χ3n) is 9.28. The summed E-state index contributed by atoms with van der Waals surface area (Å²) in [7, 11) is 3.77. The Balaban J connectivity index is 1.08. The van der Waals surface area contributed by atoms with Gasteiger partial charge in [0.25, 0.3) is 5.82 Å². The maximum absolute atomic E-state index is 13.9. The minimum atomic E-state index is -0.181. The predicted molar refractivity (Wildman–Crippen MR) is 196 cm³/mol. The molecule has 6 aromatic rings. The number of carbonyl (C=O) groups excluding carboxylic acids is 1. The summed E-state index contributed by atoms with van der Waals surface area (Å²) in [4.78, 5) is 27.9. The number of amides is 2. The van der Waals surface area contributed by atoms with Crippen LogP contribution in [0.1, 0.15) is 43.7 Å². The Labute approximate surface area is 296 Å². The van der Waals surface area contributed by atoms with Gasteiger partial charge in [0.15, 0.2) is 0 Å². The fourth-order valence-corrected chi connectivity index (χ4v) is 6.75. The van der Waals surface area contributed by atoms with Gasteiger partial charge in [0, 0.05) is 73.0 Å². The second-order valence-electron chi connectivity index (χ2n) is 12.9. The highest BCUT2D eigenvalue weighted by molar-refractivity contribution is 6.03. The first-order chi connectivity index (χ1) is 24.9. The van der Waals surface area contributed by atoms with E-state index in [0.717, 1.165) is 64.6 Å². The number of urea groups is 1. The zero-order valence-electron chi connectivity index (χ0n) is 29.0. The average molecular weight is 679 g/mol. The molecule has 4 heterocycles. The lowest BCUT2D eigenvalue weighted by Gasteiger charge is -2.08. The second kappa shape index (κ2) is 14.7. The average Bonchev–Trinajstić information content (AvgIpc) is 3.41. The van der Waals surface area contributed by atoms with Gasteiger partial charge in [0.1, 0.15) is 12.3 Å². The first kappa shape index (κ1) is 33.3. The molecule has 1 saturated carbocycles. The molecule has 0 saturated heterocycles. The lowest BCUT2D eigenvalue weighted by Crippen LogP contribution is -2.32. The van der Waals surface area contributed by atoms with E-state index in [2.05, 4.69) is 38.8 Å². The summed E-state index contributed by atoms with van der Waals surface area (Å²) in [5.41, 5.74) is 6.68. The number of nitrogens with zero attached hydrogens (tertiary/aromatic N) is 9. The first-order valence-corrected chi connectivity index (χ1v) is 17.3. The van der Waals surface area contributed by atoms with Crippen LogP contribution >= 0.6 is 0 Å². The lowest BCUT2D eigenvalue weighted by atomic mass is 10.1. The van der Waals surface area contributed by atoms with E-state index in [-0.39, 0.29) is 17.9 Å². The van der Waals surface area contributed by atoms with Crippen LogP contribution in [0.15, 0.2) is 91.6 Å². The summed E-state index contributed by atoms with van der Waals surface area (Å²) in [6, 6.07) is 21.8. The quantitative estimate of drug-likeness (QED) is 0.109. The van der Waals surface area contributed by atoms with E-state index < -0.39 is 0 Å². The van der Waals surface area contributed by atoms with Gasteiger partial charge in [-0.25, -0.2) is 14.8 Å². The zero-order chi connectivity index (χ0) is 35.3. The molecule has 7 rings (SSSR count). The van der Waals surface area contributed by atoms with Gasteiger partial charge >= 0.3 is 6.03 Å². The maximum Gasteiger partial charge on any atom is 0.441 e. The first-order valence-electron chi connectivity index (χ1n) is 17.3. The van der Waals surface area contributed by atoms with E-state index in [1.54, 1.807) is 26.3 Å². The Morgan fingerprint density at radius 3 is 2.49 bits per heavy atom. The van der Waals surface area contributed by atoms with Crippen LogP contribution < -0.4 is 10.6 Å². The molecule has 4 aromatic heterocycles. The molecule has 0 spiro atoms. The van der Waals surface area contributed by atoms with Crippen LogP contribution in [0.5, 0.6) is 0 Å². The lowest BCUT2D eigenvalue weighted by molar-refractivity contribution is -0.337. The maximum atomic E-state index is 13.9. The van der Waals surface area contributed by atoms with Crippen LogP contribution in [-0.2, 0) is 20.6 Å². The third-order valence-corrected chi connectivity index (χ3v) is 9.28. The summed E-state index contributed by atoms with van der Waals surface area (Å²) in [6.45, 7) is 3.25. The minimum absolute atomic E-state index is 0.181. The molecule has 12 heteroatoms. The van der Waals surface area contributed by atoms with E-state index in [9.17, 15) is 10.1 Å². The highest BCUT2D eigenvalue weighted by atomic mass is 16.2. The van der Waals surface area contributed by atoms with Crippen molar-refractivity contribution in [3.8, 4) is 28.5 Å². The molecule has 1 aliphatic carbocycles. The van der Waals surface area contributed by atoms with Crippen LogP contribution in [0.3, 0.4) is 0 Å². The van der Waals surface area contributed by atoms with Gasteiger partial charge in [-0.3, -0.25) is 14.7 Å². The van der Waals surface area contributed by atoms with Crippen molar-refractivity contribution < 1.29 is 9.37 Å². The van der Waals surface area contributed by atoms with Crippen LogP contribution in [0.25, 0.3) is 33.3 Å². The normalized spacial score (nSPS) is 16.1. The van der Waals surface area contributed by atoms with Crippen molar-refractivity contribution in [3.63, 3.8) is 0 Å². The molecule has 2 unspecified atom stereocenters. The number of aryl methyl sites for hydroxylation is 2. The SMILES string of the molecule is CCCC1/C(=[N+](/C(=O)NCc2ccccc2)c2ccc(-c3cnn(C)c3)cn2)C1CCCNc1ncc(C#N)c(-c2ccc3cn(C)nc3c2)n1. The number of anilines is 1. The molecule has 12 nitrogen and oxygen atoms in total.